The third kappa shape index (κ3) is 1.87. The zero-order valence-electron chi connectivity index (χ0n) is 13.7. The Hall–Kier alpha value is -0.280. The summed E-state index contributed by atoms with van der Waals surface area (Å²) >= 11 is 4.67. The average molecular weight is 320 g/mol. The third-order valence-electron chi connectivity index (χ3n) is 7.94. The van der Waals surface area contributed by atoms with E-state index in [-0.39, 0.29) is 22.2 Å². The Morgan fingerprint density at radius 1 is 1.18 bits per heavy atom. The van der Waals surface area contributed by atoms with E-state index in [1.165, 1.54) is 18.4 Å². The SMILES string of the molecule is C[C@]12CCC(=O)C=C1CC[C@@H]1[C@@H]2CC[C@]2(C)C(O)C(S)C[C@@H]12. The molecule has 0 heterocycles. The molecular formula is C19H28O2S. The fourth-order valence-corrected chi connectivity index (χ4v) is 7.11. The van der Waals surface area contributed by atoms with Crippen LogP contribution in [0.3, 0.4) is 0 Å². The van der Waals surface area contributed by atoms with Gasteiger partial charge in [0.1, 0.15) is 0 Å². The summed E-state index contributed by atoms with van der Waals surface area (Å²) in [4.78, 5) is 11.8. The van der Waals surface area contributed by atoms with E-state index in [4.69, 9.17) is 0 Å². The smallest absolute Gasteiger partial charge is 0.155 e. The van der Waals surface area contributed by atoms with Crippen LogP contribution >= 0.6 is 12.6 Å². The first-order valence-corrected chi connectivity index (χ1v) is 9.48. The van der Waals surface area contributed by atoms with E-state index in [0.717, 1.165) is 32.1 Å². The quantitative estimate of drug-likeness (QED) is 0.666. The lowest BCUT2D eigenvalue weighted by atomic mass is 9.47. The highest BCUT2D eigenvalue weighted by Crippen LogP contribution is 2.65. The maximum atomic E-state index is 11.8. The van der Waals surface area contributed by atoms with Gasteiger partial charge in [-0.3, -0.25) is 4.79 Å². The van der Waals surface area contributed by atoms with E-state index in [1.807, 2.05) is 6.08 Å². The zero-order chi connectivity index (χ0) is 15.7. The van der Waals surface area contributed by atoms with E-state index >= 15 is 0 Å². The topological polar surface area (TPSA) is 37.3 Å². The summed E-state index contributed by atoms with van der Waals surface area (Å²) in [5.41, 5.74) is 1.72. The lowest BCUT2D eigenvalue weighted by Crippen LogP contribution is -2.51. The predicted octanol–water partition coefficient (Wildman–Crippen LogP) is 3.79. The highest BCUT2D eigenvalue weighted by atomic mass is 32.1. The van der Waals surface area contributed by atoms with Crippen LogP contribution in [0.4, 0.5) is 0 Å². The van der Waals surface area contributed by atoms with Gasteiger partial charge in [0.2, 0.25) is 0 Å². The van der Waals surface area contributed by atoms with Crippen LogP contribution in [0, 0.1) is 28.6 Å². The molecule has 0 saturated heterocycles. The van der Waals surface area contributed by atoms with Crippen LogP contribution in [0.1, 0.15) is 58.8 Å². The fraction of sp³-hybridized carbons (Fsp3) is 0.842. The number of hydrogen-bond donors (Lipinski definition) is 2. The molecule has 4 aliphatic rings. The van der Waals surface area contributed by atoms with Crippen molar-refractivity contribution < 1.29 is 9.90 Å². The van der Waals surface area contributed by atoms with Gasteiger partial charge in [-0.05, 0) is 73.2 Å². The molecule has 0 aromatic heterocycles. The van der Waals surface area contributed by atoms with Crippen molar-refractivity contribution >= 4 is 18.4 Å². The molecule has 3 saturated carbocycles. The van der Waals surface area contributed by atoms with E-state index in [1.54, 1.807) is 0 Å². The number of aliphatic hydroxyl groups excluding tert-OH is 1. The second kappa shape index (κ2) is 4.86. The molecule has 0 spiro atoms. The molecule has 4 aliphatic carbocycles. The van der Waals surface area contributed by atoms with Gasteiger partial charge >= 0.3 is 0 Å². The summed E-state index contributed by atoms with van der Waals surface area (Å²) in [5.74, 6) is 2.35. The molecule has 22 heavy (non-hydrogen) atoms. The molecule has 0 aromatic carbocycles. The standard InChI is InChI=1S/C19H28O2S/c1-18-7-5-12(20)9-11(18)3-4-13-14(18)6-8-19(2)15(13)10-16(22)17(19)21/h9,13-17,21-22H,3-8,10H2,1-2H3/t13-,14+,15+,16?,17?,18+,19+/m1/s1. The summed E-state index contributed by atoms with van der Waals surface area (Å²) in [7, 11) is 0. The van der Waals surface area contributed by atoms with E-state index in [9.17, 15) is 9.90 Å². The number of aliphatic hydroxyl groups is 1. The van der Waals surface area contributed by atoms with Crippen LogP contribution in [-0.2, 0) is 4.79 Å². The van der Waals surface area contributed by atoms with Gasteiger partial charge in [-0.25, -0.2) is 0 Å². The molecule has 7 atom stereocenters. The van der Waals surface area contributed by atoms with Crippen LogP contribution in [0.2, 0.25) is 0 Å². The Kier molecular flexibility index (Phi) is 3.37. The Labute approximate surface area is 139 Å². The molecule has 0 aliphatic heterocycles. The van der Waals surface area contributed by atoms with Crippen molar-refractivity contribution in [2.24, 2.45) is 28.6 Å². The Morgan fingerprint density at radius 3 is 2.73 bits per heavy atom. The number of allylic oxidation sites excluding steroid dienone is 1. The number of fused-ring (bicyclic) bond motifs is 5. The predicted molar refractivity (Wildman–Crippen MR) is 90.9 cm³/mol. The maximum absolute atomic E-state index is 11.8. The molecule has 122 valence electrons. The minimum Gasteiger partial charge on any atom is -0.391 e. The Balaban J connectivity index is 1.69. The maximum Gasteiger partial charge on any atom is 0.155 e. The van der Waals surface area contributed by atoms with Gasteiger partial charge in [-0.15, -0.1) is 0 Å². The van der Waals surface area contributed by atoms with E-state index in [0.29, 0.717) is 23.5 Å². The van der Waals surface area contributed by atoms with Crippen molar-refractivity contribution in [2.45, 2.75) is 70.1 Å². The first-order valence-electron chi connectivity index (χ1n) is 8.96. The van der Waals surface area contributed by atoms with Crippen LogP contribution in [0.5, 0.6) is 0 Å². The number of ketones is 1. The molecular weight excluding hydrogens is 292 g/mol. The molecule has 2 nitrogen and oxygen atoms in total. The van der Waals surface area contributed by atoms with Crippen molar-refractivity contribution in [2.75, 3.05) is 0 Å². The fourth-order valence-electron chi connectivity index (χ4n) is 6.55. The van der Waals surface area contributed by atoms with Crippen molar-refractivity contribution in [1.29, 1.82) is 0 Å². The van der Waals surface area contributed by atoms with Gasteiger partial charge in [0.05, 0.1) is 6.10 Å². The van der Waals surface area contributed by atoms with Crippen LogP contribution in [-0.4, -0.2) is 22.2 Å². The van der Waals surface area contributed by atoms with Gasteiger partial charge < -0.3 is 5.11 Å². The van der Waals surface area contributed by atoms with E-state index in [2.05, 4.69) is 26.5 Å². The first kappa shape index (κ1) is 15.3. The zero-order valence-corrected chi connectivity index (χ0v) is 14.6. The summed E-state index contributed by atoms with van der Waals surface area (Å²) in [6.45, 7) is 4.71. The molecule has 0 aromatic rings. The summed E-state index contributed by atoms with van der Waals surface area (Å²) < 4.78 is 0. The lowest BCUT2D eigenvalue weighted by molar-refractivity contribution is -0.118. The summed E-state index contributed by atoms with van der Waals surface area (Å²) in [6, 6.07) is 0. The third-order valence-corrected chi connectivity index (χ3v) is 8.43. The van der Waals surface area contributed by atoms with Crippen LogP contribution < -0.4 is 0 Å². The van der Waals surface area contributed by atoms with E-state index < -0.39 is 0 Å². The minimum absolute atomic E-state index is 0.0651. The molecule has 4 rings (SSSR count). The minimum atomic E-state index is -0.250. The van der Waals surface area contributed by atoms with Crippen molar-refractivity contribution in [1.82, 2.24) is 0 Å². The average Bonchev–Trinajstić information content (AvgIpc) is 2.72. The van der Waals surface area contributed by atoms with Gasteiger partial charge in [-0.1, -0.05) is 19.4 Å². The largest absolute Gasteiger partial charge is 0.391 e. The number of carbonyl (C=O) groups is 1. The number of thiol groups is 1. The lowest BCUT2D eigenvalue weighted by Gasteiger charge is -2.57. The summed E-state index contributed by atoms with van der Waals surface area (Å²) in [5, 5.41) is 10.8. The molecule has 3 heteroatoms. The molecule has 0 bridgehead atoms. The van der Waals surface area contributed by atoms with Gasteiger partial charge in [-0.2, -0.15) is 12.6 Å². The monoisotopic (exact) mass is 320 g/mol. The molecule has 0 amide bonds. The second-order valence-electron chi connectivity index (χ2n) is 8.76. The van der Waals surface area contributed by atoms with Crippen molar-refractivity contribution in [3.63, 3.8) is 0 Å². The highest BCUT2D eigenvalue weighted by Gasteiger charge is 2.60. The van der Waals surface area contributed by atoms with Crippen molar-refractivity contribution in [3.8, 4) is 0 Å². The van der Waals surface area contributed by atoms with Crippen molar-refractivity contribution in [3.05, 3.63) is 11.6 Å². The Bertz CT molecular complexity index is 542. The highest BCUT2D eigenvalue weighted by molar-refractivity contribution is 7.81. The number of carbonyl (C=O) groups excluding carboxylic acids is 1. The second-order valence-corrected chi connectivity index (χ2v) is 9.42. The molecule has 3 fully saturated rings. The molecule has 0 radical (unpaired) electrons. The normalized spacial score (nSPS) is 54.3. The van der Waals surface area contributed by atoms with Gasteiger partial charge in [0.15, 0.2) is 5.78 Å². The number of rotatable bonds is 0. The van der Waals surface area contributed by atoms with Gasteiger partial charge in [0.25, 0.3) is 0 Å². The number of hydrogen-bond acceptors (Lipinski definition) is 3. The van der Waals surface area contributed by atoms with Crippen LogP contribution in [0.15, 0.2) is 11.6 Å². The van der Waals surface area contributed by atoms with Gasteiger partial charge in [0, 0.05) is 11.7 Å². The Morgan fingerprint density at radius 2 is 1.95 bits per heavy atom. The summed E-state index contributed by atoms with van der Waals surface area (Å²) in [6.07, 6.45) is 9.16. The van der Waals surface area contributed by atoms with Crippen LogP contribution in [0.25, 0.3) is 0 Å². The molecule has 2 unspecified atom stereocenters. The molecule has 1 N–H and O–H groups in total. The first-order chi connectivity index (χ1) is 10.4.